The molecule has 2 fully saturated rings. The third-order valence-electron chi connectivity index (χ3n) is 5.32. The number of carbonyl (C=O) groups excluding carboxylic acids is 1. The molecule has 2 aliphatic heterocycles. The summed E-state index contributed by atoms with van der Waals surface area (Å²) in [6.07, 6.45) is 5.27. The summed E-state index contributed by atoms with van der Waals surface area (Å²) >= 11 is 14.5. The largest absolute Gasteiger partial charge is 0.469 e. The molecule has 0 radical (unpaired) electrons. The number of esters is 1. The van der Waals surface area contributed by atoms with Crippen molar-refractivity contribution in [3.05, 3.63) is 44.0 Å². The van der Waals surface area contributed by atoms with Gasteiger partial charge >= 0.3 is 5.97 Å². The number of piperidine rings is 1. The molecule has 1 aromatic carbocycles. The molecule has 3 rings (SSSR count). The molecule has 130 valence electrons. The quantitative estimate of drug-likeness (QED) is 0.447. The summed E-state index contributed by atoms with van der Waals surface area (Å²) < 4.78 is 7.19. The average Bonchev–Trinajstić information content (AvgIpc) is 2.86. The Hall–Kier alpha value is -0.300. The molecule has 1 aromatic rings. The minimum atomic E-state index is -0.159. The zero-order valence-corrected chi connectivity index (χ0v) is 17.1. The maximum absolute atomic E-state index is 12.6. The molecule has 2 heterocycles. The molecule has 0 amide bonds. The highest BCUT2D eigenvalue weighted by Crippen LogP contribution is 2.48. The summed E-state index contributed by atoms with van der Waals surface area (Å²) in [5.41, 5.74) is 1.08. The van der Waals surface area contributed by atoms with Crippen molar-refractivity contribution in [2.45, 2.75) is 37.3 Å². The van der Waals surface area contributed by atoms with Crippen LogP contribution in [0.2, 0.25) is 10.0 Å². The first-order valence-corrected chi connectivity index (χ1v) is 10.1. The number of benzene rings is 1. The van der Waals surface area contributed by atoms with Gasteiger partial charge in [-0.15, -0.1) is 0 Å². The zero-order chi connectivity index (χ0) is 17.3. The van der Waals surface area contributed by atoms with Gasteiger partial charge in [0, 0.05) is 24.5 Å². The van der Waals surface area contributed by atoms with Crippen molar-refractivity contribution in [2.75, 3.05) is 13.7 Å². The van der Waals surface area contributed by atoms with Gasteiger partial charge < -0.3 is 4.74 Å². The highest BCUT2D eigenvalue weighted by molar-refractivity contribution is 14.1. The van der Waals surface area contributed by atoms with Crippen LogP contribution >= 0.6 is 45.8 Å². The molecule has 0 saturated carbocycles. The SMILES string of the molecule is COC(=O)[C@@H]1C2CCC(C[C@@H]1c1ccc(Cl)c(Cl)c1)N2C/C=C/I. The molecule has 2 unspecified atom stereocenters. The number of fused-ring (bicyclic) bond motifs is 2. The number of nitrogens with zero attached hydrogens (tertiary/aromatic N) is 1. The highest BCUT2D eigenvalue weighted by atomic mass is 127. The standard InChI is InChI=1S/C18H20Cl2INO2/c1-24-18(23)17-13(11-3-5-14(19)15(20)9-11)10-12-4-6-16(17)22(12)8-2-7-21/h2-3,5,7,9,12-13,16-17H,4,6,8,10H2,1H3/b7-2+/t12?,13-,16?,17+/m1/s1. The Morgan fingerprint density at radius 1 is 1.38 bits per heavy atom. The van der Waals surface area contributed by atoms with E-state index in [1.807, 2.05) is 22.3 Å². The lowest BCUT2D eigenvalue weighted by molar-refractivity contribution is -0.150. The fourth-order valence-corrected chi connectivity index (χ4v) is 4.84. The van der Waals surface area contributed by atoms with Gasteiger partial charge in [-0.05, 0) is 41.0 Å². The lowest BCUT2D eigenvalue weighted by Gasteiger charge is -2.43. The minimum Gasteiger partial charge on any atom is -0.469 e. The predicted octanol–water partition coefficient (Wildman–Crippen LogP) is 5.05. The molecule has 2 saturated heterocycles. The van der Waals surface area contributed by atoms with E-state index < -0.39 is 0 Å². The zero-order valence-electron chi connectivity index (χ0n) is 13.4. The Bertz CT molecular complexity index is 652. The second-order valence-corrected chi connectivity index (χ2v) is 7.96. The third-order valence-corrected chi connectivity index (χ3v) is 6.56. The lowest BCUT2D eigenvalue weighted by atomic mass is 9.76. The van der Waals surface area contributed by atoms with Gasteiger partial charge in [-0.25, -0.2) is 0 Å². The Balaban J connectivity index is 1.94. The fraction of sp³-hybridized carbons (Fsp3) is 0.500. The van der Waals surface area contributed by atoms with Crippen molar-refractivity contribution >= 4 is 51.8 Å². The molecule has 0 aromatic heterocycles. The van der Waals surface area contributed by atoms with E-state index in [2.05, 4.69) is 33.6 Å². The van der Waals surface area contributed by atoms with Crippen LogP contribution in [0.3, 0.4) is 0 Å². The fourth-order valence-electron chi connectivity index (χ4n) is 4.30. The molecule has 2 aliphatic rings. The lowest BCUT2D eigenvalue weighted by Crippen LogP contribution is -2.50. The van der Waals surface area contributed by atoms with Gasteiger partial charge in [-0.3, -0.25) is 9.69 Å². The van der Waals surface area contributed by atoms with E-state index in [9.17, 15) is 4.79 Å². The molecule has 24 heavy (non-hydrogen) atoms. The Morgan fingerprint density at radius 3 is 2.83 bits per heavy atom. The van der Waals surface area contributed by atoms with Crippen molar-refractivity contribution in [3.8, 4) is 0 Å². The molecule has 0 spiro atoms. The normalized spacial score (nSPS) is 30.0. The van der Waals surface area contributed by atoms with Gasteiger partial charge in [0.05, 0.1) is 23.1 Å². The van der Waals surface area contributed by atoms with E-state index in [-0.39, 0.29) is 23.8 Å². The Morgan fingerprint density at radius 2 is 2.17 bits per heavy atom. The number of hydrogen-bond donors (Lipinski definition) is 0. The van der Waals surface area contributed by atoms with Crippen molar-refractivity contribution < 1.29 is 9.53 Å². The smallest absolute Gasteiger partial charge is 0.310 e. The summed E-state index contributed by atoms with van der Waals surface area (Å²) in [5.74, 6) is -0.155. The second-order valence-electron chi connectivity index (χ2n) is 6.42. The molecule has 0 N–H and O–H groups in total. The van der Waals surface area contributed by atoms with Crippen LogP contribution < -0.4 is 0 Å². The molecule has 2 bridgehead atoms. The number of methoxy groups -OCH3 is 1. The van der Waals surface area contributed by atoms with Crippen LogP contribution in [0.1, 0.15) is 30.7 Å². The van der Waals surface area contributed by atoms with Crippen LogP contribution in [-0.4, -0.2) is 36.6 Å². The van der Waals surface area contributed by atoms with E-state index in [4.69, 9.17) is 27.9 Å². The van der Waals surface area contributed by atoms with Crippen molar-refractivity contribution in [1.82, 2.24) is 4.90 Å². The number of hydrogen-bond acceptors (Lipinski definition) is 3. The summed E-state index contributed by atoms with van der Waals surface area (Å²) in [4.78, 5) is 15.0. The number of rotatable bonds is 4. The summed E-state index contributed by atoms with van der Waals surface area (Å²) in [6, 6.07) is 6.45. The average molecular weight is 480 g/mol. The monoisotopic (exact) mass is 479 g/mol. The topological polar surface area (TPSA) is 29.5 Å². The Kier molecular flexibility index (Phi) is 6.11. The molecular weight excluding hydrogens is 460 g/mol. The molecular formula is C18H20Cl2INO2. The van der Waals surface area contributed by atoms with Crippen molar-refractivity contribution in [1.29, 1.82) is 0 Å². The van der Waals surface area contributed by atoms with E-state index in [1.54, 1.807) is 0 Å². The first-order valence-electron chi connectivity index (χ1n) is 8.10. The number of ether oxygens (including phenoxy) is 1. The maximum atomic E-state index is 12.6. The van der Waals surface area contributed by atoms with E-state index in [1.165, 1.54) is 7.11 Å². The van der Waals surface area contributed by atoms with Gasteiger partial charge in [0.25, 0.3) is 0 Å². The van der Waals surface area contributed by atoms with Crippen LogP contribution in [0.25, 0.3) is 0 Å². The van der Waals surface area contributed by atoms with Crippen LogP contribution in [-0.2, 0) is 9.53 Å². The van der Waals surface area contributed by atoms with Crippen LogP contribution in [0.15, 0.2) is 28.4 Å². The van der Waals surface area contributed by atoms with Gasteiger partial charge in [0.15, 0.2) is 0 Å². The maximum Gasteiger partial charge on any atom is 0.310 e. The van der Waals surface area contributed by atoms with E-state index in [0.717, 1.165) is 31.4 Å². The van der Waals surface area contributed by atoms with E-state index in [0.29, 0.717) is 16.1 Å². The number of carbonyl (C=O) groups is 1. The third kappa shape index (κ3) is 3.48. The van der Waals surface area contributed by atoms with Crippen molar-refractivity contribution in [3.63, 3.8) is 0 Å². The predicted molar refractivity (Wildman–Crippen MR) is 106 cm³/mol. The molecule has 6 heteroatoms. The second kappa shape index (κ2) is 7.94. The first kappa shape index (κ1) is 18.5. The van der Waals surface area contributed by atoms with Gasteiger partial charge in [-0.2, -0.15) is 0 Å². The molecule has 0 aliphatic carbocycles. The molecule has 3 nitrogen and oxygen atoms in total. The van der Waals surface area contributed by atoms with Gasteiger partial charge in [0.1, 0.15) is 0 Å². The van der Waals surface area contributed by atoms with Crippen LogP contribution in [0, 0.1) is 5.92 Å². The minimum absolute atomic E-state index is 0.125. The van der Waals surface area contributed by atoms with E-state index >= 15 is 0 Å². The Labute approximate surface area is 166 Å². The van der Waals surface area contributed by atoms with Crippen molar-refractivity contribution in [2.24, 2.45) is 5.92 Å². The molecule has 4 atom stereocenters. The highest BCUT2D eigenvalue weighted by Gasteiger charge is 2.50. The van der Waals surface area contributed by atoms with Gasteiger partial charge in [0.2, 0.25) is 0 Å². The first-order chi connectivity index (χ1) is 11.6. The summed E-state index contributed by atoms with van der Waals surface area (Å²) in [5, 5.41) is 1.09. The summed E-state index contributed by atoms with van der Waals surface area (Å²) in [7, 11) is 1.48. The van der Waals surface area contributed by atoms with Crippen LogP contribution in [0.4, 0.5) is 0 Å². The van der Waals surface area contributed by atoms with Crippen LogP contribution in [0.5, 0.6) is 0 Å². The number of halogens is 3. The van der Waals surface area contributed by atoms with Gasteiger partial charge in [-0.1, -0.05) is 57.9 Å². The summed E-state index contributed by atoms with van der Waals surface area (Å²) in [6.45, 7) is 0.889.